The molecule has 1 aliphatic carbocycles. The molecular formula is C35H48ClN5O3. The predicted molar refractivity (Wildman–Crippen MR) is 174 cm³/mol. The summed E-state index contributed by atoms with van der Waals surface area (Å²) in [5.74, 6) is 0.381. The largest absolute Gasteiger partial charge is 0.344 e. The van der Waals surface area contributed by atoms with Crippen LogP contribution in [0.4, 0.5) is 0 Å². The number of likely N-dealkylation sites (N-methyl/N-ethyl adjacent to an activating group) is 1. The Morgan fingerprint density at radius 1 is 0.955 bits per heavy atom. The second-order valence-corrected chi connectivity index (χ2v) is 12.9. The fraction of sp³-hybridized carbons (Fsp3) is 0.571. The van der Waals surface area contributed by atoms with Crippen molar-refractivity contribution >= 4 is 29.3 Å². The molecule has 2 fully saturated rings. The molecular weight excluding hydrogens is 574 g/mol. The highest BCUT2D eigenvalue weighted by Crippen LogP contribution is 2.31. The number of piperazine rings is 1. The first-order chi connectivity index (χ1) is 21.4. The Bertz CT molecular complexity index is 1270. The van der Waals surface area contributed by atoms with Crippen molar-refractivity contribution in [3.63, 3.8) is 0 Å². The number of carbonyl (C=O) groups excluding carboxylic acids is 3. The van der Waals surface area contributed by atoms with Crippen molar-refractivity contribution in [2.24, 2.45) is 5.92 Å². The molecule has 238 valence electrons. The van der Waals surface area contributed by atoms with Gasteiger partial charge in [0.1, 0.15) is 6.04 Å². The average Bonchev–Trinajstić information content (AvgIpc) is 3.45. The Morgan fingerprint density at radius 3 is 2.32 bits per heavy atom. The van der Waals surface area contributed by atoms with Crippen molar-refractivity contribution in [3.05, 3.63) is 70.2 Å². The van der Waals surface area contributed by atoms with Crippen LogP contribution in [-0.4, -0.2) is 83.8 Å². The Hall–Kier alpha value is -2.94. The van der Waals surface area contributed by atoms with E-state index in [1.807, 2.05) is 60.0 Å². The summed E-state index contributed by atoms with van der Waals surface area (Å²) in [7, 11) is 0. The lowest BCUT2D eigenvalue weighted by Gasteiger charge is -2.44. The summed E-state index contributed by atoms with van der Waals surface area (Å²) in [6.07, 6.45) is 6.44. The molecule has 44 heavy (non-hydrogen) atoms. The van der Waals surface area contributed by atoms with Gasteiger partial charge in [-0.2, -0.15) is 0 Å². The minimum Gasteiger partial charge on any atom is -0.344 e. The van der Waals surface area contributed by atoms with Crippen LogP contribution >= 0.6 is 11.6 Å². The van der Waals surface area contributed by atoms with Gasteiger partial charge in [0.25, 0.3) is 0 Å². The Labute approximate surface area is 267 Å². The van der Waals surface area contributed by atoms with Gasteiger partial charge in [-0.05, 0) is 61.4 Å². The van der Waals surface area contributed by atoms with Crippen LogP contribution in [0.2, 0.25) is 5.02 Å². The van der Waals surface area contributed by atoms with Crippen molar-refractivity contribution in [2.75, 3.05) is 39.3 Å². The number of carbonyl (C=O) groups is 3. The quantitative estimate of drug-likeness (QED) is 0.384. The summed E-state index contributed by atoms with van der Waals surface area (Å²) in [5.41, 5.74) is 3.30. The molecule has 9 heteroatoms. The van der Waals surface area contributed by atoms with E-state index < -0.39 is 6.04 Å². The van der Waals surface area contributed by atoms with Gasteiger partial charge in [-0.25, -0.2) is 0 Å². The average molecular weight is 622 g/mol. The van der Waals surface area contributed by atoms with Crippen molar-refractivity contribution in [1.29, 1.82) is 0 Å². The molecule has 2 heterocycles. The van der Waals surface area contributed by atoms with Gasteiger partial charge in [-0.1, -0.05) is 67.3 Å². The molecule has 0 spiro atoms. The molecule has 0 radical (unpaired) electrons. The minimum atomic E-state index is -0.682. The maximum Gasteiger partial charge on any atom is 0.245 e. The van der Waals surface area contributed by atoms with E-state index in [0.717, 1.165) is 30.5 Å². The molecule has 1 saturated carbocycles. The molecule has 3 amide bonds. The van der Waals surface area contributed by atoms with Gasteiger partial charge in [0.2, 0.25) is 17.7 Å². The summed E-state index contributed by atoms with van der Waals surface area (Å²) < 4.78 is 0. The lowest BCUT2D eigenvalue weighted by Crippen LogP contribution is -2.61. The number of nitrogens with zero attached hydrogens (tertiary/aromatic N) is 3. The van der Waals surface area contributed by atoms with Crippen molar-refractivity contribution in [2.45, 2.75) is 83.5 Å². The van der Waals surface area contributed by atoms with E-state index in [0.29, 0.717) is 56.6 Å². The van der Waals surface area contributed by atoms with Gasteiger partial charge in [0, 0.05) is 69.7 Å². The van der Waals surface area contributed by atoms with E-state index in [1.54, 1.807) is 0 Å². The molecule has 2 aromatic rings. The zero-order valence-electron chi connectivity index (χ0n) is 26.3. The Kier molecular flexibility index (Phi) is 11.3. The third-order valence-electron chi connectivity index (χ3n) is 9.79. The third kappa shape index (κ3) is 7.82. The zero-order valence-corrected chi connectivity index (χ0v) is 27.0. The summed E-state index contributed by atoms with van der Waals surface area (Å²) in [6, 6.07) is 14.7. The first kappa shape index (κ1) is 32.5. The molecule has 0 bridgehead atoms. The summed E-state index contributed by atoms with van der Waals surface area (Å²) in [5, 5.41) is 7.16. The van der Waals surface area contributed by atoms with E-state index >= 15 is 0 Å². The number of rotatable bonds is 11. The minimum absolute atomic E-state index is 0.0684. The molecule has 1 saturated heterocycles. The van der Waals surface area contributed by atoms with Gasteiger partial charge in [0.15, 0.2) is 0 Å². The summed E-state index contributed by atoms with van der Waals surface area (Å²) in [4.78, 5) is 47.3. The lowest BCUT2D eigenvalue weighted by atomic mass is 9.82. The van der Waals surface area contributed by atoms with Gasteiger partial charge < -0.3 is 20.4 Å². The van der Waals surface area contributed by atoms with Crippen LogP contribution in [0.5, 0.6) is 0 Å². The smallest absolute Gasteiger partial charge is 0.245 e. The fourth-order valence-electron chi connectivity index (χ4n) is 7.32. The van der Waals surface area contributed by atoms with Crippen LogP contribution in [0, 0.1) is 5.92 Å². The highest BCUT2D eigenvalue weighted by molar-refractivity contribution is 6.30. The SMILES string of the molecule is CCN(CC)C(=O)C(C1CCCCC1)N1CCN(C(=O)[C@@H](Cc2ccc(Cl)cc2)NC(=O)CC2NCc3ccccc32)CC1. The lowest BCUT2D eigenvalue weighted by molar-refractivity contribution is -0.143. The molecule has 2 aromatic carbocycles. The van der Waals surface area contributed by atoms with E-state index in [1.165, 1.54) is 24.8 Å². The van der Waals surface area contributed by atoms with Crippen LogP contribution in [0.1, 0.15) is 75.1 Å². The molecule has 3 atom stereocenters. The fourth-order valence-corrected chi connectivity index (χ4v) is 7.45. The molecule has 8 nitrogen and oxygen atoms in total. The normalized spacial score (nSPS) is 20.5. The number of benzene rings is 2. The number of hydrogen-bond acceptors (Lipinski definition) is 5. The first-order valence-electron chi connectivity index (χ1n) is 16.5. The zero-order chi connectivity index (χ0) is 31.1. The van der Waals surface area contributed by atoms with Gasteiger partial charge >= 0.3 is 0 Å². The van der Waals surface area contributed by atoms with Crippen LogP contribution in [0.25, 0.3) is 0 Å². The van der Waals surface area contributed by atoms with Crippen molar-refractivity contribution in [3.8, 4) is 0 Å². The van der Waals surface area contributed by atoms with Crippen molar-refractivity contribution in [1.82, 2.24) is 25.3 Å². The van der Waals surface area contributed by atoms with Gasteiger partial charge in [-0.3, -0.25) is 19.3 Å². The second-order valence-electron chi connectivity index (χ2n) is 12.5. The number of amides is 3. The molecule has 0 aromatic heterocycles. The first-order valence-corrected chi connectivity index (χ1v) is 16.9. The number of hydrogen-bond donors (Lipinski definition) is 2. The van der Waals surface area contributed by atoms with E-state index in [4.69, 9.17) is 11.6 Å². The highest BCUT2D eigenvalue weighted by Gasteiger charge is 2.39. The number of nitrogens with one attached hydrogen (secondary N) is 2. The summed E-state index contributed by atoms with van der Waals surface area (Å²) in [6.45, 7) is 8.66. The van der Waals surface area contributed by atoms with Crippen molar-refractivity contribution < 1.29 is 14.4 Å². The number of halogens is 1. The topological polar surface area (TPSA) is 85.0 Å². The van der Waals surface area contributed by atoms with Crippen LogP contribution in [0.15, 0.2) is 48.5 Å². The van der Waals surface area contributed by atoms with Crippen LogP contribution in [0.3, 0.4) is 0 Å². The van der Waals surface area contributed by atoms with E-state index in [9.17, 15) is 14.4 Å². The van der Waals surface area contributed by atoms with Crippen LogP contribution < -0.4 is 10.6 Å². The Morgan fingerprint density at radius 2 is 1.64 bits per heavy atom. The maximum atomic E-state index is 14.0. The second kappa shape index (κ2) is 15.4. The van der Waals surface area contributed by atoms with Gasteiger partial charge in [-0.15, -0.1) is 0 Å². The molecule has 5 rings (SSSR count). The monoisotopic (exact) mass is 621 g/mol. The van der Waals surface area contributed by atoms with Crippen LogP contribution in [-0.2, 0) is 27.3 Å². The molecule has 2 N–H and O–H groups in total. The van der Waals surface area contributed by atoms with Gasteiger partial charge in [0.05, 0.1) is 6.04 Å². The Balaban J connectivity index is 1.26. The standard InChI is InChI=1S/C35H48ClN5O3/c1-3-39(4-2)35(44)33(26-10-6-5-7-11-26)40-18-20-41(21-19-40)34(43)31(22-25-14-16-28(36)17-15-25)38-32(42)23-30-29-13-9-8-12-27(29)24-37-30/h8-9,12-17,26,30-31,33,37H,3-7,10-11,18-24H2,1-2H3,(H,38,42)/t30?,31-,33?/m1/s1. The van der Waals surface area contributed by atoms with E-state index in [-0.39, 0.29) is 36.2 Å². The summed E-state index contributed by atoms with van der Waals surface area (Å²) >= 11 is 6.13. The maximum absolute atomic E-state index is 14.0. The molecule has 3 aliphatic rings. The van der Waals surface area contributed by atoms with E-state index in [2.05, 4.69) is 27.7 Å². The third-order valence-corrected chi connectivity index (χ3v) is 10.0. The molecule has 2 aliphatic heterocycles. The highest BCUT2D eigenvalue weighted by atomic mass is 35.5. The molecule has 2 unspecified atom stereocenters. The number of fused-ring (bicyclic) bond motifs is 1. The predicted octanol–water partition coefficient (Wildman–Crippen LogP) is 4.56.